The van der Waals surface area contributed by atoms with E-state index in [4.69, 9.17) is 11.6 Å². The Kier molecular flexibility index (Phi) is 4.99. The highest BCUT2D eigenvalue weighted by atomic mass is 35.5. The Morgan fingerprint density at radius 1 is 1.50 bits per heavy atom. The number of carbonyl (C=O) groups is 1. The van der Waals surface area contributed by atoms with Gasteiger partial charge in [-0.1, -0.05) is 18.5 Å². The van der Waals surface area contributed by atoms with Gasteiger partial charge in [-0.3, -0.25) is 4.79 Å². The molecule has 0 N–H and O–H groups in total. The summed E-state index contributed by atoms with van der Waals surface area (Å²) in [5.74, 6) is 1.52. The lowest BCUT2D eigenvalue weighted by Crippen LogP contribution is -2.48. The highest BCUT2D eigenvalue weighted by Crippen LogP contribution is 2.33. The molecule has 1 aliphatic rings. The quantitative estimate of drug-likeness (QED) is 0.792. The van der Waals surface area contributed by atoms with E-state index in [1.165, 1.54) is 0 Å². The average molecular weight is 334 g/mol. The predicted octanol–water partition coefficient (Wildman–Crippen LogP) is 2.47. The molecule has 4 nitrogen and oxygen atoms in total. The van der Waals surface area contributed by atoms with Crippen molar-refractivity contribution in [2.75, 3.05) is 28.7 Å². The molecule has 1 fully saturated rings. The number of nitrogens with zero attached hydrogens (tertiary/aromatic N) is 1. The molecular weight excluding hydrogens is 318 g/mol. The zero-order valence-electron chi connectivity index (χ0n) is 11.1. The second kappa shape index (κ2) is 6.37. The smallest absolute Gasteiger partial charge is 0.171 e. The van der Waals surface area contributed by atoms with E-state index >= 15 is 0 Å². The Labute approximate surface area is 128 Å². The van der Waals surface area contributed by atoms with Gasteiger partial charge in [-0.2, -0.15) is 11.8 Å². The largest absolute Gasteiger partial charge is 0.352 e. The molecule has 7 heteroatoms. The van der Waals surface area contributed by atoms with E-state index in [0.29, 0.717) is 28.6 Å². The zero-order chi connectivity index (χ0) is 14.8. The number of benzene rings is 1. The molecule has 1 aromatic carbocycles. The van der Waals surface area contributed by atoms with Crippen molar-refractivity contribution in [3.05, 3.63) is 28.8 Å². The molecule has 1 aliphatic heterocycles. The molecule has 0 radical (unpaired) electrons. The average Bonchev–Trinajstić information content (AvgIpc) is 2.47. The molecule has 110 valence electrons. The molecular formula is C13H16ClNO3S2. The Bertz CT molecular complexity index is 604. The summed E-state index contributed by atoms with van der Waals surface area (Å²) < 4.78 is 24.4. The summed E-state index contributed by atoms with van der Waals surface area (Å²) in [6.07, 6.45) is 0.724. The third-order valence-corrected chi connectivity index (χ3v) is 6.91. The van der Waals surface area contributed by atoms with Crippen molar-refractivity contribution in [3.8, 4) is 0 Å². The molecule has 1 saturated heterocycles. The van der Waals surface area contributed by atoms with Crippen molar-refractivity contribution in [1.82, 2.24) is 0 Å². The van der Waals surface area contributed by atoms with Crippen molar-refractivity contribution in [1.29, 1.82) is 0 Å². The van der Waals surface area contributed by atoms with Gasteiger partial charge in [0.2, 0.25) is 0 Å². The predicted molar refractivity (Wildman–Crippen MR) is 84.8 cm³/mol. The maximum Gasteiger partial charge on any atom is 0.171 e. The summed E-state index contributed by atoms with van der Waals surface area (Å²) in [6, 6.07) is 4.95. The number of rotatable bonds is 4. The van der Waals surface area contributed by atoms with E-state index in [1.807, 2.05) is 4.90 Å². The lowest BCUT2D eigenvalue weighted by molar-refractivity contribution is 0.112. The number of aldehydes is 1. The molecule has 0 spiro atoms. The van der Waals surface area contributed by atoms with Crippen molar-refractivity contribution in [3.63, 3.8) is 0 Å². The van der Waals surface area contributed by atoms with Crippen molar-refractivity contribution >= 4 is 45.2 Å². The van der Waals surface area contributed by atoms with Crippen LogP contribution in [0.5, 0.6) is 0 Å². The highest BCUT2D eigenvalue weighted by molar-refractivity contribution is 8.01. The van der Waals surface area contributed by atoms with Gasteiger partial charge >= 0.3 is 0 Å². The summed E-state index contributed by atoms with van der Waals surface area (Å²) in [4.78, 5) is 12.6. The molecule has 1 aromatic rings. The second-order valence-corrected chi connectivity index (χ2v) is 8.51. The molecule has 0 amide bonds. The fourth-order valence-electron chi connectivity index (χ4n) is 2.18. The minimum absolute atomic E-state index is 0.110. The number of anilines is 1. The lowest BCUT2D eigenvalue weighted by Gasteiger charge is -2.37. The third-order valence-electron chi connectivity index (χ3n) is 3.32. The first-order valence-electron chi connectivity index (χ1n) is 6.30. The van der Waals surface area contributed by atoms with Gasteiger partial charge < -0.3 is 4.90 Å². The first kappa shape index (κ1) is 15.7. The maximum absolute atomic E-state index is 12.2. The number of halogens is 1. The number of hydrogen-bond donors (Lipinski definition) is 0. The number of thioether (sulfide) groups is 1. The van der Waals surface area contributed by atoms with Crippen molar-refractivity contribution in [2.45, 2.75) is 12.3 Å². The SMILES string of the molecule is CCS(=O)(=O)C1CSCCN1c1ccc(C=O)cc1Cl. The third kappa shape index (κ3) is 3.13. The van der Waals surface area contributed by atoms with Crippen LogP contribution in [-0.2, 0) is 9.84 Å². The normalized spacial score (nSPS) is 19.9. The Balaban J connectivity index is 2.40. The number of hydrogen-bond acceptors (Lipinski definition) is 5. The van der Waals surface area contributed by atoms with Crippen LogP contribution in [0.4, 0.5) is 5.69 Å². The number of carbonyl (C=O) groups excluding carboxylic acids is 1. The van der Waals surface area contributed by atoms with Crippen LogP contribution in [-0.4, -0.2) is 43.9 Å². The zero-order valence-corrected chi connectivity index (χ0v) is 13.5. The topological polar surface area (TPSA) is 54.5 Å². The monoisotopic (exact) mass is 333 g/mol. The number of sulfone groups is 1. The Morgan fingerprint density at radius 3 is 2.85 bits per heavy atom. The standard InChI is InChI=1S/C13H16ClNO3S2/c1-2-20(17,18)13-9-19-6-5-15(13)12-4-3-10(8-16)7-11(12)14/h3-4,7-8,13H,2,5-6,9H2,1H3. The summed E-state index contributed by atoms with van der Waals surface area (Å²) >= 11 is 7.83. The molecule has 20 heavy (non-hydrogen) atoms. The molecule has 1 unspecified atom stereocenters. The van der Waals surface area contributed by atoms with Gasteiger partial charge in [0.05, 0.1) is 10.7 Å². The first-order valence-corrected chi connectivity index (χ1v) is 9.55. The van der Waals surface area contributed by atoms with E-state index in [1.54, 1.807) is 36.9 Å². The van der Waals surface area contributed by atoms with Crippen molar-refractivity contribution < 1.29 is 13.2 Å². The minimum Gasteiger partial charge on any atom is -0.352 e. The molecule has 2 rings (SSSR count). The Morgan fingerprint density at radius 2 is 2.25 bits per heavy atom. The van der Waals surface area contributed by atoms with E-state index in [2.05, 4.69) is 0 Å². The van der Waals surface area contributed by atoms with Gasteiger partial charge in [0.25, 0.3) is 0 Å². The summed E-state index contributed by atoms with van der Waals surface area (Å²) in [6.45, 7) is 2.29. The van der Waals surface area contributed by atoms with Gasteiger partial charge in [-0.15, -0.1) is 0 Å². The van der Waals surface area contributed by atoms with Crippen molar-refractivity contribution in [2.24, 2.45) is 0 Å². The molecule has 1 atom stereocenters. The van der Waals surface area contributed by atoms with Gasteiger partial charge in [0.15, 0.2) is 9.84 Å². The molecule has 0 aliphatic carbocycles. The lowest BCUT2D eigenvalue weighted by atomic mass is 10.2. The summed E-state index contributed by atoms with van der Waals surface area (Å²) in [7, 11) is -3.17. The van der Waals surface area contributed by atoms with Crippen LogP contribution in [0.15, 0.2) is 18.2 Å². The van der Waals surface area contributed by atoms with Crippen LogP contribution in [0.1, 0.15) is 17.3 Å². The van der Waals surface area contributed by atoms with E-state index in [9.17, 15) is 13.2 Å². The minimum atomic E-state index is -3.17. The highest BCUT2D eigenvalue weighted by Gasteiger charge is 2.33. The van der Waals surface area contributed by atoms with Gasteiger partial charge in [0.1, 0.15) is 11.7 Å². The second-order valence-electron chi connectivity index (χ2n) is 4.50. The van der Waals surface area contributed by atoms with Crippen LogP contribution >= 0.6 is 23.4 Å². The van der Waals surface area contributed by atoms with Gasteiger partial charge in [-0.25, -0.2) is 8.42 Å². The first-order chi connectivity index (χ1) is 9.49. The Hall–Kier alpha value is -0.720. The molecule has 0 saturated carbocycles. The van der Waals surface area contributed by atoms with Crippen LogP contribution in [0, 0.1) is 0 Å². The molecule has 1 heterocycles. The van der Waals surface area contributed by atoms with Crippen LogP contribution in [0.2, 0.25) is 5.02 Å². The van der Waals surface area contributed by atoms with E-state index in [0.717, 1.165) is 12.0 Å². The fraction of sp³-hybridized carbons (Fsp3) is 0.462. The van der Waals surface area contributed by atoms with Crippen LogP contribution in [0.3, 0.4) is 0 Å². The van der Waals surface area contributed by atoms with Crippen LogP contribution in [0.25, 0.3) is 0 Å². The van der Waals surface area contributed by atoms with Gasteiger partial charge in [0, 0.05) is 29.4 Å². The van der Waals surface area contributed by atoms with E-state index < -0.39 is 15.2 Å². The molecule has 0 aromatic heterocycles. The summed E-state index contributed by atoms with van der Waals surface area (Å²) in [5.41, 5.74) is 1.17. The molecule has 0 bridgehead atoms. The fourth-order valence-corrected chi connectivity index (χ4v) is 5.46. The summed E-state index contributed by atoms with van der Waals surface area (Å²) in [5, 5.41) is -0.136. The van der Waals surface area contributed by atoms with Gasteiger partial charge in [-0.05, 0) is 18.2 Å². The maximum atomic E-state index is 12.2. The van der Waals surface area contributed by atoms with E-state index in [-0.39, 0.29) is 5.75 Å². The van der Waals surface area contributed by atoms with Crippen LogP contribution < -0.4 is 4.90 Å².